The Labute approximate surface area is 74.2 Å². The molecule has 2 heterocycles. The van der Waals surface area contributed by atoms with Crippen molar-refractivity contribution >= 4 is 16.9 Å². The van der Waals surface area contributed by atoms with Gasteiger partial charge in [0.1, 0.15) is 6.33 Å². The van der Waals surface area contributed by atoms with E-state index in [1.165, 1.54) is 6.33 Å². The highest BCUT2D eigenvalue weighted by atomic mass is 16.1. The molecule has 2 rings (SSSR count). The molecule has 2 N–H and O–H groups in total. The number of fused-ring (bicyclic) bond motifs is 1. The summed E-state index contributed by atoms with van der Waals surface area (Å²) in [5.41, 5.74) is 6.83. The molecule has 0 spiro atoms. The Kier molecular flexibility index (Phi) is 1.51. The van der Waals surface area contributed by atoms with Crippen LogP contribution in [0.15, 0.2) is 18.6 Å². The minimum Gasteiger partial charge on any atom is -0.364 e. The first kappa shape index (κ1) is 7.72. The van der Waals surface area contributed by atoms with Crippen molar-refractivity contribution in [3.8, 4) is 0 Å². The average Bonchev–Trinajstić information content (AvgIpc) is 2.48. The molecule has 0 aromatic carbocycles. The summed E-state index contributed by atoms with van der Waals surface area (Å²) in [5, 5.41) is 0. The molecule has 0 bridgehead atoms. The number of nitrogens with zero attached hydrogens (tertiary/aromatic N) is 3. The summed E-state index contributed by atoms with van der Waals surface area (Å²) in [4.78, 5) is 18.8. The minimum absolute atomic E-state index is 0.262. The number of carbonyl (C=O) groups excluding carboxylic acids is 1. The van der Waals surface area contributed by atoms with E-state index >= 15 is 0 Å². The smallest absolute Gasteiger partial charge is 0.269 e. The third-order valence-electron chi connectivity index (χ3n) is 1.89. The molecule has 2 aromatic rings. The van der Waals surface area contributed by atoms with Gasteiger partial charge in [0.15, 0.2) is 5.69 Å². The van der Waals surface area contributed by atoms with Crippen LogP contribution in [0.5, 0.6) is 0 Å². The van der Waals surface area contributed by atoms with Crippen LogP contribution in [0.3, 0.4) is 0 Å². The van der Waals surface area contributed by atoms with E-state index in [2.05, 4.69) is 9.97 Å². The highest BCUT2D eigenvalue weighted by Gasteiger charge is 2.10. The maximum atomic E-state index is 11.0. The molecule has 0 saturated carbocycles. The summed E-state index contributed by atoms with van der Waals surface area (Å²) < 4.78 is 1.77. The van der Waals surface area contributed by atoms with E-state index in [4.69, 9.17) is 5.73 Å². The number of primary amides is 1. The summed E-state index contributed by atoms with van der Waals surface area (Å²) >= 11 is 0. The third-order valence-corrected chi connectivity index (χ3v) is 1.89. The minimum atomic E-state index is -0.533. The van der Waals surface area contributed by atoms with Crippen molar-refractivity contribution < 1.29 is 4.79 Å². The average molecular weight is 176 g/mol. The summed E-state index contributed by atoms with van der Waals surface area (Å²) in [6.45, 7) is 0. The van der Waals surface area contributed by atoms with Crippen LogP contribution in [0.2, 0.25) is 0 Å². The monoisotopic (exact) mass is 176 g/mol. The van der Waals surface area contributed by atoms with Crippen LogP contribution >= 0.6 is 0 Å². The van der Waals surface area contributed by atoms with Crippen molar-refractivity contribution in [1.82, 2.24) is 14.5 Å². The summed E-state index contributed by atoms with van der Waals surface area (Å²) in [7, 11) is 1.82. The lowest BCUT2D eigenvalue weighted by Crippen LogP contribution is -2.14. The molecule has 0 aliphatic rings. The summed E-state index contributed by atoms with van der Waals surface area (Å²) in [6, 6.07) is 1.81. The number of rotatable bonds is 1. The fraction of sp³-hybridized carbons (Fsp3) is 0.125. The molecule has 1 amide bonds. The Balaban J connectivity index is 2.88. The Morgan fingerprint density at radius 1 is 1.54 bits per heavy atom. The van der Waals surface area contributed by atoms with Gasteiger partial charge in [-0.1, -0.05) is 0 Å². The normalized spacial score (nSPS) is 10.5. The second-order valence-electron chi connectivity index (χ2n) is 2.75. The Bertz CT molecular complexity index is 474. The summed E-state index contributed by atoms with van der Waals surface area (Å²) in [5.74, 6) is -0.533. The number of nitrogens with two attached hydrogens (primary N) is 1. The standard InChI is InChI=1S/C8H8N4O/c1-12-3-2-5-7(12)6(8(9)13)11-4-10-5/h2-4H,1H3,(H2,9,13). The van der Waals surface area contributed by atoms with Gasteiger partial charge < -0.3 is 10.3 Å². The lowest BCUT2D eigenvalue weighted by Gasteiger charge is -1.99. The van der Waals surface area contributed by atoms with Crippen LogP contribution in [-0.2, 0) is 7.05 Å². The number of hydrogen-bond donors (Lipinski definition) is 1. The van der Waals surface area contributed by atoms with Crippen molar-refractivity contribution in [2.24, 2.45) is 12.8 Å². The predicted molar refractivity (Wildman–Crippen MR) is 47.0 cm³/mol. The highest BCUT2D eigenvalue weighted by molar-refractivity contribution is 6.02. The largest absolute Gasteiger partial charge is 0.364 e. The number of carbonyl (C=O) groups is 1. The second-order valence-corrected chi connectivity index (χ2v) is 2.75. The van der Waals surface area contributed by atoms with Gasteiger partial charge in [-0.25, -0.2) is 9.97 Å². The van der Waals surface area contributed by atoms with Crippen LogP contribution < -0.4 is 5.73 Å². The molecule has 13 heavy (non-hydrogen) atoms. The van der Waals surface area contributed by atoms with Gasteiger partial charge in [0.25, 0.3) is 5.91 Å². The van der Waals surface area contributed by atoms with E-state index in [-0.39, 0.29) is 5.69 Å². The molecule has 0 atom stereocenters. The first-order chi connectivity index (χ1) is 6.20. The number of hydrogen-bond acceptors (Lipinski definition) is 3. The lowest BCUT2D eigenvalue weighted by molar-refractivity contribution is 0.0997. The number of aromatic nitrogens is 3. The van der Waals surface area contributed by atoms with Crippen LogP contribution in [-0.4, -0.2) is 20.4 Å². The maximum absolute atomic E-state index is 11.0. The van der Waals surface area contributed by atoms with Gasteiger partial charge in [0.05, 0.1) is 11.0 Å². The van der Waals surface area contributed by atoms with Crippen molar-refractivity contribution in [1.29, 1.82) is 0 Å². The third kappa shape index (κ3) is 1.05. The topological polar surface area (TPSA) is 73.8 Å². The van der Waals surface area contributed by atoms with Crippen LogP contribution in [0.4, 0.5) is 0 Å². The Morgan fingerprint density at radius 3 is 3.00 bits per heavy atom. The summed E-state index contributed by atoms with van der Waals surface area (Å²) in [6.07, 6.45) is 3.15. The predicted octanol–water partition coefficient (Wildman–Crippen LogP) is 0.0672. The van der Waals surface area contributed by atoms with Gasteiger partial charge in [-0.2, -0.15) is 0 Å². The Morgan fingerprint density at radius 2 is 2.31 bits per heavy atom. The molecule has 2 aromatic heterocycles. The molecule has 0 unspecified atom stereocenters. The zero-order valence-corrected chi connectivity index (χ0v) is 7.06. The van der Waals surface area contributed by atoms with E-state index < -0.39 is 5.91 Å². The molecule has 0 aliphatic carbocycles. The van der Waals surface area contributed by atoms with Crippen molar-refractivity contribution in [3.05, 3.63) is 24.3 Å². The first-order valence-corrected chi connectivity index (χ1v) is 3.76. The van der Waals surface area contributed by atoms with Gasteiger partial charge in [0.2, 0.25) is 0 Å². The molecule has 5 nitrogen and oxygen atoms in total. The van der Waals surface area contributed by atoms with Gasteiger partial charge >= 0.3 is 0 Å². The van der Waals surface area contributed by atoms with Crippen LogP contribution in [0.1, 0.15) is 10.5 Å². The molecule has 0 aliphatic heterocycles. The van der Waals surface area contributed by atoms with E-state index in [0.717, 1.165) is 5.52 Å². The molecule has 66 valence electrons. The van der Waals surface area contributed by atoms with E-state index in [9.17, 15) is 4.79 Å². The van der Waals surface area contributed by atoms with Crippen molar-refractivity contribution in [3.63, 3.8) is 0 Å². The lowest BCUT2D eigenvalue weighted by atomic mass is 10.3. The van der Waals surface area contributed by atoms with Crippen LogP contribution in [0.25, 0.3) is 11.0 Å². The molecular formula is C8H8N4O. The van der Waals surface area contributed by atoms with E-state index in [1.54, 1.807) is 4.57 Å². The zero-order valence-electron chi connectivity index (χ0n) is 7.06. The molecular weight excluding hydrogens is 168 g/mol. The fourth-order valence-corrected chi connectivity index (χ4v) is 1.30. The van der Waals surface area contributed by atoms with E-state index in [0.29, 0.717) is 5.52 Å². The molecule has 0 fully saturated rings. The quantitative estimate of drug-likeness (QED) is 0.668. The van der Waals surface area contributed by atoms with Crippen molar-refractivity contribution in [2.75, 3.05) is 0 Å². The van der Waals surface area contributed by atoms with Gasteiger partial charge in [-0.05, 0) is 6.07 Å². The molecule has 0 saturated heterocycles. The van der Waals surface area contributed by atoms with E-state index in [1.807, 2.05) is 19.3 Å². The van der Waals surface area contributed by atoms with Gasteiger partial charge in [-0.3, -0.25) is 4.79 Å². The Hall–Kier alpha value is -1.91. The van der Waals surface area contributed by atoms with Gasteiger partial charge in [-0.15, -0.1) is 0 Å². The SMILES string of the molecule is Cn1ccc2ncnc(C(N)=O)c21. The fourth-order valence-electron chi connectivity index (χ4n) is 1.30. The maximum Gasteiger partial charge on any atom is 0.269 e. The molecule has 0 radical (unpaired) electrons. The molecule has 5 heteroatoms. The van der Waals surface area contributed by atoms with Crippen molar-refractivity contribution in [2.45, 2.75) is 0 Å². The number of aryl methyl sites for hydroxylation is 1. The number of amides is 1. The first-order valence-electron chi connectivity index (χ1n) is 3.76. The van der Waals surface area contributed by atoms with Crippen LogP contribution in [0, 0.1) is 0 Å². The highest BCUT2D eigenvalue weighted by Crippen LogP contribution is 2.13. The van der Waals surface area contributed by atoms with Gasteiger partial charge in [0, 0.05) is 13.2 Å². The second kappa shape index (κ2) is 2.55. The zero-order chi connectivity index (χ0) is 9.42.